The maximum absolute atomic E-state index is 11.2. The zero-order chi connectivity index (χ0) is 73.6. The summed E-state index contributed by atoms with van der Waals surface area (Å²) in [4.78, 5) is 64.7. The molecule has 0 aromatic heterocycles. The number of hydrogen-bond acceptors (Lipinski definition) is 9. The molecule has 0 heterocycles. The summed E-state index contributed by atoms with van der Waals surface area (Å²) in [7, 11) is 0. The molecule has 0 aliphatic heterocycles. The Morgan fingerprint density at radius 3 is 0.448 bits per heavy atom. The molecule has 0 saturated heterocycles. The van der Waals surface area contributed by atoms with Gasteiger partial charge in [-0.05, 0) is 57.8 Å². The molecule has 578 valence electrons. The van der Waals surface area contributed by atoms with E-state index in [1.807, 2.05) is 0 Å². The summed E-state index contributed by atoms with van der Waals surface area (Å²) in [6, 6.07) is 0. The van der Waals surface area contributed by atoms with Crippen molar-refractivity contribution in [1.29, 1.82) is 0 Å². The minimum atomic E-state index is -0.954. The fourth-order valence-electron chi connectivity index (χ4n) is 10.9. The lowest BCUT2D eigenvalue weighted by Gasteiger charge is -2.11. The van der Waals surface area contributed by atoms with Crippen molar-refractivity contribution in [3.63, 3.8) is 0 Å². The molecule has 0 saturated carbocycles. The molecular weight excluding hydrogens is 1210 g/mol. The van der Waals surface area contributed by atoms with Gasteiger partial charge in [0.05, 0.1) is 31.0 Å². The van der Waals surface area contributed by atoms with Crippen LogP contribution in [0.3, 0.4) is 0 Å². The molecule has 0 rings (SSSR count). The van der Waals surface area contributed by atoms with E-state index < -0.39 is 41.9 Å². The Kier molecular flexibility index (Phi) is 106. The van der Waals surface area contributed by atoms with E-state index in [4.69, 9.17) is 30.6 Å². The van der Waals surface area contributed by atoms with Crippen LogP contribution in [0.25, 0.3) is 0 Å². The average molecular weight is 1380 g/mol. The van der Waals surface area contributed by atoms with Gasteiger partial charge in [0.25, 0.3) is 0 Å². The molecule has 15 heteroatoms. The Bertz CT molecular complexity index is 1340. The van der Waals surface area contributed by atoms with Gasteiger partial charge in [0, 0.05) is 19.3 Å². The predicted molar refractivity (Wildman–Crippen MR) is 405 cm³/mol. The summed E-state index contributed by atoms with van der Waals surface area (Å²) < 4.78 is 0. The van der Waals surface area contributed by atoms with Crippen LogP contribution in [-0.2, 0) is 28.8 Å². The van der Waals surface area contributed by atoms with Crippen LogP contribution in [-0.4, -0.2) is 101 Å². The highest BCUT2D eigenvalue weighted by Crippen LogP contribution is 2.23. The van der Waals surface area contributed by atoms with E-state index >= 15 is 0 Å². The molecule has 3 unspecified atom stereocenters. The van der Waals surface area contributed by atoms with Gasteiger partial charge in [-0.15, -0.1) is 0 Å². The van der Waals surface area contributed by atoms with Crippen LogP contribution in [0.4, 0.5) is 0 Å². The summed E-state index contributed by atoms with van der Waals surface area (Å²) in [6.45, 7) is 19.3. The van der Waals surface area contributed by atoms with Crippen LogP contribution < -0.4 is 0 Å². The van der Waals surface area contributed by atoms with Gasteiger partial charge in [-0.25, -0.2) is 0 Å². The smallest absolute Gasteiger partial charge is 0.306 e. The fourth-order valence-corrected chi connectivity index (χ4v) is 10.9. The first kappa shape index (κ1) is 106. The minimum Gasteiger partial charge on any atom is -0.481 e. The third-order valence-corrected chi connectivity index (χ3v) is 17.4. The number of aliphatic hydroxyl groups excluding tert-OH is 3. The third-order valence-electron chi connectivity index (χ3n) is 17.4. The third kappa shape index (κ3) is 109. The van der Waals surface area contributed by atoms with Crippen LogP contribution >= 0.6 is 0 Å². The molecule has 0 aliphatic carbocycles. The Morgan fingerprint density at radius 2 is 0.333 bits per heavy atom. The van der Waals surface area contributed by atoms with Crippen molar-refractivity contribution in [1.82, 2.24) is 0 Å². The van der Waals surface area contributed by atoms with E-state index in [0.717, 1.165) is 212 Å². The Labute approximate surface area is 592 Å². The minimum absolute atomic E-state index is 0.160. The predicted octanol–water partition coefficient (Wildman–Crippen LogP) is 24.2. The first-order valence-electron chi connectivity index (χ1n) is 40.5. The molecular formula is C81H164O15. The monoisotopic (exact) mass is 1380 g/mol. The molecule has 0 spiro atoms. The summed E-state index contributed by atoms with van der Waals surface area (Å²) in [5.74, 6) is -4.51. The van der Waals surface area contributed by atoms with E-state index in [2.05, 4.69) is 62.3 Å². The van der Waals surface area contributed by atoms with E-state index in [9.17, 15) is 44.1 Å². The van der Waals surface area contributed by atoms with E-state index in [1.54, 1.807) is 0 Å². The molecule has 0 aromatic carbocycles. The molecule has 0 radical (unpaired) electrons. The van der Waals surface area contributed by atoms with Gasteiger partial charge in [0.1, 0.15) is 6.10 Å². The Balaban J connectivity index is -0.000000204. The number of aliphatic hydroxyl groups is 3. The van der Waals surface area contributed by atoms with Crippen LogP contribution in [0.5, 0.6) is 0 Å². The van der Waals surface area contributed by atoms with Crippen LogP contribution in [0.1, 0.15) is 448 Å². The van der Waals surface area contributed by atoms with Gasteiger partial charge in [-0.3, -0.25) is 28.8 Å². The molecule has 0 aliphatic rings. The topological polar surface area (TPSA) is 284 Å². The number of carboxylic acid groups (broad SMARTS) is 6. The lowest BCUT2D eigenvalue weighted by molar-refractivity contribution is -0.143. The number of hydrogen-bond donors (Lipinski definition) is 9. The summed E-state index contributed by atoms with van der Waals surface area (Å²) in [5, 5.41) is 77.3. The molecule has 0 fully saturated rings. The quantitative estimate of drug-likeness (QED) is 0.0256. The lowest BCUT2D eigenvalue weighted by atomic mass is 9.94. The van der Waals surface area contributed by atoms with Crippen molar-refractivity contribution < 1.29 is 74.7 Å². The van der Waals surface area contributed by atoms with Gasteiger partial charge < -0.3 is 46.0 Å². The maximum Gasteiger partial charge on any atom is 0.306 e. The van der Waals surface area contributed by atoms with Gasteiger partial charge >= 0.3 is 35.8 Å². The van der Waals surface area contributed by atoms with Gasteiger partial charge in [0.2, 0.25) is 0 Å². The molecule has 96 heavy (non-hydrogen) atoms. The van der Waals surface area contributed by atoms with Crippen LogP contribution in [0.15, 0.2) is 0 Å². The van der Waals surface area contributed by atoms with E-state index in [-0.39, 0.29) is 50.2 Å². The van der Waals surface area contributed by atoms with E-state index in [1.165, 1.54) is 154 Å². The second-order valence-electron chi connectivity index (χ2n) is 27.1. The highest BCUT2D eigenvalue weighted by atomic mass is 16.4. The second kappa shape index (κ2) is 95.9. The highest BCUT2D eigenvalue weighted by molar-refractivity contribution is 5.70. The van der Waals surface area contributed by atoms with E-state index in [0.29, 0.717) is 0 Å². The largest absolute Gasteiger partial charge is 0.481 e. The summed E-state index contributed by atoms with van der Waals surface area (Å²) >= 11 is 0. The SMILES string of the molecule is CCCCCCC(CCCCCCCCCC(=O)O)C(=O)O.CCCCCCC(CCCCCCCCCC(=O)O)C(=O)O.CCCCCCC(CCCCCCCCCC(=O)O)C(=O)O.CCCCCCCC.CCCCCCCC.CCCCCCCC.OCC(O)CO. The van der Waals surface area contributed by atoms with Gasteiger partial charge in [-0.1, -0.05) is 371 Å². The van der Waals surface area contributed by atoms with Crippen molar-refractivity contribution in [2.24, 2.45) is 17.8 Å². The van der Waals surface area contributed by atoms with Gasteiger partial charge in [0.15, 0.2) is 0 Å². The zero-order valence-corrected chi connectivity index (χ0v) is 64.6. The molecule has 0 amide bonds. The molecule has 9 N–H and O–H groups in total. The van der Waals surface area contributed by atoms with Crippen molar-refractivity contribution in [2.45, 2.75) is 454 Å². The molecule has 0 aromatic rings. The number of rotatable bonds is 65. The first-order valence-corrected chi connectivity index (χ1v) is 40.5. The first-order chi connectivity index (χ1) is 46.3. The normalized spacial score (nSPS) is 11.5. The van der Waals surface area contributed by atoms with Gasteiger partial charge in [-0.2, -0.15) is 0 Å². The Hall–Kier alpha value is -3.30. The zero-order valence-electron chi connectivity index (χ0n) is 64.6. The van der Waals surface area contributed by atoms with Crippen LogP contribution in [0.2, 0.25) is 0 Å². The van der Waals surface area contributed by atoms with Crippen molar-refractivity contribution in [3.05, 3.63) is 0 Å². The highest BCUT2D eigenvalue weighted by Gasteiger charge is 2.18. The lowest BCUT2D eigenvalue weighted by Crippen LogP contribution is -2.15. The number of aliphatic carboxylic acids is 6. The maximum atomic E-state index is 11.2. The number of unbranched alkanes of at least 4 members (excludes halogenated alkanes) is 42. The molecule has 3 atom stereocenters. The molecule has 0 bridgehead atoms. The fraction of sp³-hybridized carbons (Fsp3) is 0.926. The second-order valence-corrected chi connectivity index (χ2v) is 27.1. The Morgan fingerprint density at radius 1 is 0.208 bits per heavy atom. The standard InChI is InChI=1S/3C18H34O4.3C8H18.C3H8O3/c3*1-2-3-4-10-13-16(18(21)22)14-11-8-6-5-7-9-12-15-17(19)20;3*1-3-5-7-8-6-4-2;4-1-3(6)2-5/h3*16H,2-15H2,1H3,(H,19,20)(H,21,22);3*3-8H2,1-2H3;3-6H,1-2H2. The van der Waals surface area contributed by atoms with Crippen LogP contribution in [0, 0.1) is 17.8 Å². The number of carbonyl (C=O) groups is 6. The average Bonchev–Trinajstić information content (AvgIpc) is 3.77. The van der Waals surface area contributed by atoms with Crippen molar-refractivity contribution in [3.8, 4) is 0 Å². The molecule has 15 nitrogen and oxygen atoms in total. The summed E-state index contributed by atoms with van der Waals surface area (Å²) in [6.07, 6.45) is 65.6. The number of carboxylic acids is 6. The van der Waals surface area contributed by atoms with Crippen molar-refractivity contribution in [2.75, 3.05) is 13.2 Å². The van der Waals surface area contributed by atoms with Crippen molar-refractivity contribution >= 4 is 35.8 Å². The summed E-state index contributed by atoms with van der Waals surface area (Å²) in [5.41, 5.74) is 0.